The molecule has 1 aromatic rings. The third-order valence-electron chi connectivity index (χ3n) is 4.09. The molecular formula is C16H27N3O. The Morgan fingerprint density at radius 2 is 2.20 bits per heavy atom. The predicted molar refractivity (Wildman–Crippen MR) is 82.9 cm³/mol. The van der Waals surface area contributed by atoms with Crippen LogP contribution in [0.4, 0.5) is 0 Å². The SMILES string of the molecule is CN=C(NCc1cc(C)oc1C)NC1CCCC(C)C1. The standard InChI is InChI=1S/C16H27N3O/c1-11-6-5-7-15(8-11)19-16(17-4)18-10-14-9-12(2)20-13(14)3/h9,11,15H,5-8,10H2,1-4H3,(H2,17,18,19). The smallest absolute Gasteiger partial charge is 0.191 e. The summed E-state index contributed by atoms with van der Waals surface area (Å²) >= 11 is 0. The van der Waals surface area contributed by atoms with E-state index in [1.165, 1.54) is 31.2 Å². The first kappa shape index (κ1) is 14.9. The molecule has 2 N–H and O–H groups in total. The summed E-state index contributed by atoms with van der Waals surface area (Å²) < 4.78 is 5.54. The molecule has 112 valence electrons. The summed E-state index contributed by atoms with van der Waals surface area (Å²) in [5.41, 5.74) is 1.20. The second-order valence-electron chi connectivity index (χ2n) is 5.98. The van der Waals surface area contributed by atoms with Crippen molar-refractivity contribution in [3.05, 3.63) is 23.2 Å². The van der Waals surface area contributed by atoms with E-state index in [0.29, 0.717) is 6.04 Å². The average molecular weight is 277 g/mol. The van der Waals surface area contributed by atoms with Crippen molar-refractivity contribution in [1.82, 2.24) is 10.6 Å². The minimum atomic E-state index is 0.553. The van der Waals surface area contributed by atoms with Gasteiger partial charge in [0.2, 0.25) is 0 Å². The van der Waals surface area contributed by atoms with Crippen LogP contribution >= 0.6 is 0 Å². The van der Waals surface area contributed by atoms with Crippen LogP contribution < -0.4 is 10.6 Å². The topological polar surface area (TPSA) is 49.6 Å². The molecule has 1 aliphatic carbocycles. The van der Waals surface area contributed by atoms with E-state index in [-0.39, 0.29) is 0 Å². The van der Waals surface area contributed by atoms with Gasteiger partial charge in [-0.3, -0.25) is 4.99 Å². The van der Waals surface area contributed by atoms with Gasteiger partial charge in [-0.2, -0.15) is 0 Å². The highest BCUT2D eigenvalue weighted by atomic mass is 16.3. The zero-order chi connectivity index (χ0) is 14.5. The minimum absolute atomic E-state index is 0.553. The Balaban J connectivity index is 1.85. The number of hydrogen-bond donors (Lipinski definition) is 2. The maximum atomic E-state index is 5.54. The van der Waals surface area contributed by atoms with Crippen LogP contribution in [0.15, 0.2) is 15.5 Å². The van der Waals surface area contributed by atoms with Crippen LogP contribution in [0.1, 0.15) is 49.7 Å². The Labute approximate surface area is 122 Å². The van der Waals surface area contributed by atoms with Gasteiger partial charge < -0.3 is 15.1 Å². The molecule has 0 radical (unpaired) electrons. The first-order chi connectivity index (χ1) is 9.58. The summed E-state index contributed by atoms with van der Waals surface area (Å²) in [7, 11) is 1.83. The van der Waals surface area contributed by atoms with E-state index < -0.39 is 0 Å². The highest BCUT2D eigenvalue weighted by Crippen LogP contribution is 2.23. The fraction of sp³-hybridized carbons (Fsp3) is 0.688. The second kappa shape index (κ2) is 6.82. The molecule has 1 aromatic heterocycles. The molecule has 0 amide bonds. The molecule has 4 nitrogen and oxygen atoms in total. The summed E-state index contributed by atoms with van der Waals surface area (Å²) in [5, 5.41) is 6.92. The Hall–Kier alpha value is -1.45. The zero-order valence-corrected chi connectivity index (χ0v) is 13.1. The van der Waals surface area contributed by atoms with Gasteiger partial charge in [-0.1, -0.05) is 19.8 Å². The molecule has 1 fully saturated rings. The highest BCUT2D eigenvalue weighted by molar-refractivity contribution is 5.79. The number of aliphatic imine (C=N–C) groups is 1. The molecule has 0 spiro atoms. The Morgan fingerprint density at radius 3 is 2.80 bits per heavy atom. The van der Waals surface area contributed by atoms with E-state index in [0.717, 1.165) is 29.9 Å². The molecule has 2 rings (SSSR count). The van der Waals surface area contributed by atoms with Crippen LogP contribution in [0.3, 0.4) is 0 Å². The normalized spacial score (nSPS) is 23.7. The lowest BCUT2D eigenvalue weighted by atomic mass is 9.87. The Kier molecular flexibility index (Phi) is 5.10. The van der Waals surface area contributed by atoms with Crippen molar-refractivity contribution >= 4 is 5.96 Å². The van der Waals surface area contributed by atoms with Crippen molar-refractivity contribution in [2.75, 3.05) is 7.05 Å². The van der Waals surface area contributed by atoms with Gasteiger partial charge in [0, 0.05) is 25.2 Å². The molecular weight excluding hydrogens is 250 g/mol. The van der Waals surface area contributed by atoms with Gasteiger partial charge in [0.25, 0.3) is 0 Å². The number of nitrogens with zero attached hydrogens (tertiary/aromatic N) is 1. The maximum Gasteiger partial charge on any atom is 0.191 e. The van der Waals surface area contributed by atoms with E-state index in [1.807, 2.05) is 20.9 Å². The summed E-state index contributed by atoms with van der Waals surface area (Å²) in [5.74, 6) is 3.65. The van der Waals surface area contributed by atoms with E-state index in [9.17, 15) is 0 Å². The van der Waals surface area contributed by atoms with Crippen molar-refractivity contribution < 1.29 is 4.42 Å². The summed E-state index contributed by atoms with van der Waals surface area (Å²) in [6.07, 6.45) is 5.16. The van der Waals surface area contributed by atoms with E-state index >= 15 is 0 Å². The lowest BCUT2D eigenvalue weighted by molar-refractivity contribution is 0.324. The van der Waals surface area contributed by atoms with Gasteiger partial charge in [0.15, 0.2) is 5.96 Å². The number of hydrogen-bond acceptors (Lipinski definition) is 2. The molecule has 1 aliphatic rings. The third kappa shape index (κ3) is 4.02. The van der Waals surface area contributed by atoms with Crippen molar-refractivity contribution in [3.63, 3.8) is 0 Å². The van der Waals surface area contributed by atoms with E-state index in [1.54, 1.807) is 0 Å². The van der Waals surface area contributed by atoms with Gasteiger partial charge in [0.1, 0.15) is 11.5 Å². The molecule has 0 saturated heterocycles. The lowest BCUT2D eigenvalue weighted by Gasteiger charge is -2.28. The molecule has 2 unspecified atom stereocenters. The third-order valence-corrected chi connectivity index (χ3v) is 4.09. The molecule has 1 saturated carbocycles. The number of furan rings is 1. The Bertz CT molecular complexity index is 464. The molecule has 0 aliphatic heterocycles. The summed E-state index contributed by atoms with van der Waals surface area (Å²) in [6, 6.07) is 2.63. The number of nitrogens with one attached hydrogen (secondary N) is 2. The van der Waals surface area contributed by atoms with E-state index in [2.05, 4.69) is 28.6 Å². The zero-order valence-electron chi connectivity index (χ0n) is 13.1. The number of rotatable bonds is 3. The fourth-order valence-electron chi connectivity index (χ4n) is 2.99. The second-order valence-corrected chi connectivity index (χ2v) is 5.98. The molecule has 2 atom stereocenters. The van der Waals surface area contributed by atoms with Crippen LogP contribution in [-0.2, 0) is 6.54 Å². The average Bonchev–Trinajstić information content (AvgIpc) is 2.73. The van der Waals surface area contributed by atoms with Crippen LogP contribution in [0.25, 0.3) is 0 Å². The minimum Gasteiger partial charge on any atom is -0.466 e. The van der Waals surface area contributed by atoms with Crippen LogP contribution in [0, 0.1) is 19.8 Å². The summed E-state index contributed by atoms with van der Waals surface area (Å²) in [6.45, 7) is 7.07. The van der Waals surface area contributed by atoms with Crippen LogP contribution in [0.2, 0.25) is 0 Å². The van der Waals surface area contributed by atoms with Crippen LogP contribution in [-0.4, -0.2) is 19.0 Å². The van der Waals surface area contributed by atoms with Gasteiger partial charge in [-0.05, 0) is 38.7 Å². The van der Waals surface area contributed by atoms with Crippen molar-refractivity contribution in [2.45, 2.75) is 59.0 Å². The molecule has 20 heavy (non-hydrogen) atoms. The van der Waals surface area contributed by atoms with Gasteiger partial charge in [0.05, 0.1) is 0 Å². The molecule has 1 heterocycles. The first-order valence-electron chi connectivity index (χ1n) is 7.61. The van der Waals surface area contributed by atoms with Crippen molar-refractivity contribution in [1.29, 1.82) is 0 Å². The van der Waals surface area contributed by atoms with Crippen molar-refractivity contribution in [2.24, 2.45) is 10.9 Å². The first-order valence-corrected chi connectivity index (χ1v) is 7.61. The highest BCUT2D eigenvalue weighted by Gasteiger charge is 2.19. The van der Waals surface area contributed by atoms with Gasteiger partial charge in [-0.25, -0.2) is 0 Å². The van der Waals surface area contributed by atoms with E-state index in [4.69, 9.17) is 4.42 Å². The van der Waals surface area contributed by atoms with Crippen molar-refractivity contribution in [3.8, 4) is 0 Å². The monoisotopic (exact) mass is 277 g/mol. The summed E-state index contributed by atoms with van der Waals surface area (Å²) in [4.78, 5) is 4.32. The number of guanidine groups is 1. The molecule has 4 heteroatoms. The van der Waals surface area contributed by atoms with Crippen LogP contribution in [0.5, 0.6) is 0 Å². The molecule has 0 aromatic carbocycles. The molecule has 0 bridgehead atoms. The number of aryl methyl sites for hydroxylation is 2. The predicted octanol–water partition coefficient (Wildman–Crippen LogP) is 3.14. The lowest BCUT2D eigenvalue weighted by Crippen LogP contribution is -2.44. The Morgan fingerprint density at radius 1 is 1.40 bits per heavy atom. The quantitative estimate of drug-likeness (QED) is 0.659. The van der Waals surface area contributed by atoms with Gasteiger partial charge in [-0.15, -0.1) is 0 Å². The largest absolute Gasteiger partial charge is 0.466 e. The fourth-order valence-corrected chi connectivity index (χ4v) is 2.99. The maximum absolute atomic E-state index is 5.54. The van der Waals surface area contributed by atoms with Gasteiger partial charge >= 0.3 is 0 Å².